The minimum Gasteiger partial charge on any atom is -0.324 e. The molecule has 0 spiro atoms. The van der Waals surface area contributed by atoms with Crippen molar-refractivity contribution in [2.24, 2.45) is 7.05 Å². The van der Waals surface area contributed by atoms with Crippen molar-refractivity contribution in [3.8, 4) is 0 Å². The minimum absolute atomic E-state index is 0.0986. The Morgan fingerprint density at radius 3 is 2.57 bits per heavy atom. The van der Waals surface area contributed by atoms with Gasteiger partial charge in [-0.05, 0) is 36.4 Å². The van der Waals surface area contributed by atoms with E-state index in [1.165, 1.54) is 4.57 Å². The molecule has 0 atom stereocenters. The molecular formula is C16H12ClN5O. The molecule has 6 nitrogen and oxygen atoms in total. The van der Waals surface area contributed by atoms with Gasteiger partial charge in [-0.15, -0.1) is 10.2 Å². The second kappa shape index (κ2) is 5.10. The summed E-state index contributed by atoms with van der Waals surface area (Å²) in [6.07, 6.45) is 0. The average molecular weight is 326 g/mol. The molecule has 0 bridgehead atoms. The average Bonchev–Trinajstić information content (AvgIpc) is 2.99. The van der Waals surface area contributed by atoms with Gasteiger partial charge in [0.2, 0.25) is 11.7 Å². The Morgan fingerprint density at radius 2 is 1.78 bits per heavy atom. The van der Waals surface area contributed by atoms with E-state index < -0.39 is 0 Å². The monoisotopic (exact) mass is 325 g/mol. The predicted octanol–water partition coefficient (Wildman–Crippen LogP) is 2.98. The Morgan fingerprint density at radius 1 is 1.04 bits per heavy atom. The molecule has 114 valence electrons. The maximum atomic E-state index is 12.4. The molecule has 2 aromatic heterocycles. The number of fused-ring (bicyclic) bond motifs is 3. The van der Waals surface area contributed by atoms with Crippen LogP contribution >= 0.6 is 11.6 Å². The van der Waals surface area contributed by atoms with Crippen molar-refractivity contribution in [3.63, 3.8) is 0 Å². The molecule has 0 radical (unpaired) electrons. The molecule has 0 unspecified atom stereocenters. The molecule has 0 aliphatic rings. The van der Waals surface area contributed by atoms with Crippen LogP contribution in [0.5, 0.6) is 0 Å². The van der Waals surface area contributed by atoms with Crippen molar-refractivity contribution in [3.05, 3.63) is 63.9 Å². The summed E-state index contributed by atoms with van der Waals surface area (Å²) in [4.78, 5) is 12.4. The predicted molar refractivity (Wildman–Crippen MR) is 90.5 cm³/mol. The summed E-state index contributed by atoms with van der Waals surface area (Å²) in [5, 5.41) is 12.8. The number of halogens is 1. The van der Waals surface area contributed by atoms with E-state index in [1.807, 2.05) is 34.7 Å². The smallest absolute Gasteiger partial charge is 0.262 e. The van der Waals surface area contributed by atoms with Crippen molar-refractivity contribution in [1.29, 1.82) is 0 Å². The lowest BCUT2D eigenvalue weighted by Crippen LogP contribution is -2.20. The van der Waals surface area contributed by atoms with E-state index in [9.17, 15) is 4.79 Å². The van der Waals surface area contributed by atoms with Crippen molar-refractivity contribution < 1.29 is 0 Å². The Balaban J connectivity index is 1.98. The Hall–Kier alpha value is -2.86. The van der Waals surface area contributed by atoms with Gasteiger partial charge >= 0.3 is 0 Å². The standard InChI is InChI=1S/C16H12ClN5O/c1-21-14(23)12-4-2-3-5-13(12)22-15(19-20-16(21)22)18-11-8-6-10(17)7-9-11/h2-9H,1H3,(H,18,19). The number of aryl methyl sites for hydroxylation is 1. The lowest BCUT2D eigenvalue weighted by atomic mass is 10.2. The summed E-state index contributed by atoms with van der Waals surface area (Å²) < 4.78 is 3.31. The normalized spacial score (nSPS) is 11.2. The molecule has 0 saturated heterocycles. The van der Waals surface area contributed by atoms with Crippen LogP contribution in [-0.4, -0.2) is 19.2 Å². The zero-order valence-corrected chi connectivity index (χ0v) is 12.9. The van der Waals surface area contributed by atoms with Crippen LogP contribution < -0.4 is 10.9 Å². The highest BCUT2D eigenvalue weighted by molar-refractivity contribution is 6.30. The lowest BCUT2D eigenvalue weighted by molar-refractivity contribution is 0.859. The lowest BCUT2D eigenvalue weighted by Gasteiger charge is -2.09. The first-order chi connectivity index (χ1) is 11.1. The maximum Gasteiger partial charge on any atom is 0.262 e. The fraction of sp³-hybridized carbons (Fsp3) is 0.0625. The van der Waals surface area contributed by atoms with Gasteiger partial charge in [-0.1, -0.05) is 23.7 Å². The second-order valence-corrected chi connectivity index (χ2v) is 5.61. The summed E-state index contributed by atoms with van der Waals surface area (Å²) in [7, 11) is 1.69. The molecular weight excluding hydrogens is 314 g/mol. The van der Waals surface area contributed by atoms with Crippen LogP contribution in [0, 0.1) is 0 Å². The Labute approximate surface area is 136 Å². The number of nitrogens with one attached hydrogen (secondary N) is 1. The van der Waals surface area contributed by atoms with Crippen LogP contribution in [0.4, 0.5) is 11.6 Å². The van der Waals surface area contributed by atoms with E-state index in [0.717, 1.165) is 11.2 Å². The first-order valence-electron chi connectivity index (χ1n) is 7.00. The molecule has 2 aromatic carbocycles. The van der Waals surface area contributed by atoms with Gasteiger partial charge in [0.25, 0.3) is 5.56 Å². The van der Waals surface area contributed by atoms with E-state index in [0.29, 0.717) is 22.1 Å². The molecule has 4 rings (SSSR count). The maximum absolute atomic E-state index is 12.4. The Kier molecular flexibility index (Phi) is 3.06. The van der Waals surface area contributed by atoms with Gasteiger partial charge < -0.3 is 5.32 Å². The second-order valence-electron chi connectivity index (χ2n) is 5.17. The van der Waals surface area contributed by atoms with Crippen LogP contribution in [0.2, 0.25) is 5.02 Å². The van der Waals surface area contributed by atoms with E-state index in [2.05, 4.69) is 15.5 Å². The number of para-hydroxylation sites is 1. The van der Waals surface area contributed by atoms with Crippen LogP contribution in [0.15, 0.2) is 53.3 Å². The quantitative estimate of drug-likeness (QED) is 0.615. The molecule has 0 saturated carbocycles. The van der Waals surface area contributed by atoms with Crippen molar-refractivity contribution in [2.75, 3.05) is 5.32 Å². The summed E-state index contributed by atoms with van der Waals surface area (Å²) in [6.45, 7) is 0. The number of hydrogen-bond donors (Lipinski definition) is 1. The highest BCUT2D eigenvalue weighted by atomic mass is 35.5. The van der Waals surface area contributed by atoms with Crippen molar-refractivity contribution in [2.45, 2.75) is 0 Å². The van der Waals surface area contributed by atoms with Gasteiger partial charge in [0, 0.05) is 17.8 Å². The summed E-state index contributed by atoms with van der Waals surface area (Å²) in [5.74, 6) is 1.01. The van der Waals surface area contributed by atoms with E-state index >= 15 is 0 Å². The third-order valence-corrected chi connectivity index (χ3v) is 3.98. The van der Waals surface area contributed by atoms with Crippen molar-refractivity contribution in [1.82, 2.24) is 19.2 Å². The third-order valence-electron chi connectivity index (χ3n) is 3.73. The first-order valence-corrected chi connectivity index (χ1v) is 7.38. The molecule has 4 aromatic rings. The first kappa shape index (κ1) is 13.8. The largest absolute Gasteiger partial charge is 0.324 e. The summed E-state index contributed by atoms with van der Waals surface area (Å²) in [6, 6.07) is 14.7. The topological polar surface area (TPSA) is 64.2 Å². The van der Waals surface area contributed by atoms with Gasteiger partial charge in [0.05, 0.1) is 10.9 Å². The molecule has 1 N–H and O–H groups in total. The van der Waals surface area contributed by atoms with Gasteiger partial charge in [0.15, 0.2) is 0 Å². The zero-order chi connectivity index (χ0) is 16.0. The summed E-state index contributed by atoms with van der Waals surface area (Å²) >= 11 is 5.91. The minimum atomic E-state index is -0.0986. The van der Waals surface area contributed by atoms with Crippen LogP contribution in [-0.2, 0) is 7.05 Å². The van der Waals surface area contributed by atoms with E-state index in [-0.39, 0.29) is 5.56 Å². The number of anilines is 2. The van der Waals surface area contributed by atoms with E-state index in [4.69, 9.17) is 11.6 Å². The van der Waals surface area contributed by atoms with Gasteiger partial charge in [-0.25, -0.2) is 4.40 Å². The zero-order valence-electron chi connectivity index (χ0n) is 12.2. The van der Waals surface area contributed by atoms with Gasteiger partial charge in [-0.2, -0.15) is 0 Å². The molecule has 7 heteroatoms. The number of nitrogens with zero attached hydrogens (tertiary/aromatic N) is 4. The third kappa shape index (κ3) is 2.15. The van der Waals surface area contributed by atoms with Crippen LogP contribution in [0.1, 0.15) is 0 Å². The molecule has 2 heterocycles. The highest BCUT2D eigenvalue weighted by Crippen LogP contribution is 2.21. The molecule has 0 aliphatic carbocycles. The molecule has 0 amide bonds. The SMILES string of the molecule is Cn1c(=O)c2ccccc2n2c(Nc3ccc(Cl)cc3)nnc12. The molecule has 0 aliphatic heterocycles. The Bertz CT molecular complexity index is 1080. The molecule has 23 heavy (non-hydrogen) atoms. The fourth-order valence-corrected chi connectivity index (χ4v) is 2.71. The number of aromatic nitrogens is 4. The fourth-order valence-electron chi connectivity index (χ4n) is 2.58. The highest BCUT2D eigenvalue weighted by Gasteiger charge is 2.14. The summed E-state index contributed by atoms with van der Waals surface area (Å²) in [5.41, 5.74) is 1.49. The van der Waals surface area contributed by atoms with Gasteiger partial charge in [0.1, 0.15) is 0 Å². The number of rotatable bonds is 2. The van der Waals surface area contributed by atoms with E-state index in [1.54, 1.807) is 25.2 Å². The number of benzene rings is 2. The molecule has 0 fully saturated rings. The van der Waals surface area contributed by atoms with Crippen molar-refractivity contribution >= 4 is 39.9 Å². The van der Waals surface area contributed by atoms with Crippen LogP contribution in [0.3, 0.4) is 0 Å². The van der Waals surface area contributed by atoms with Gasteiger partial charge in [-0.3, -0.25) is 9.36 Å². The van der Waals surface area contributed by atoms with Crippen LogP contribution in [0.25, 0.3) is 16.7 Å². The number of hydrogen-bond acceptors (Lipinski definition) is 4.